The zero-order valence-corrected chi connectivity index (χ0v) is 14.4. The Bertz CT molecular complexity index is 670. The fourth-order valence-electron chi connectivity index (χ4n) is 2.76. The van der Waals surface area contributed by atoms with Crippen molar-refractivity contribution in [3.8, 4) is 0 Å². The number of morpholine rings is 1. The summed E-state index contributed by atoms with van der Waals surface area (Å²) in [6, 6.07) is 13.7. The van der Waals surface area contributed by atoms with E-state index in [1.54, 1.807) is 6.20 Å². The van der Waals surface area contributed by atoms with Crippen molar-refractivity contribution in [3.05, 3.63) is 54.2 Å². The molecule has 1 saturated heterocycles. The predicted molar refractivity (Wildman–Crippen MR) is 99.1 cm³/mol. The maximum absolute atomic E-state index is 12.1. The normalized spacial score (nSPS) is 15.5. The van der Waals surface area contributed by atoms with Crippen LogP contribution in [0.3, 0.4) is 0 Å². The van der Waals surface area contributed by atoms with Crippen LogP contribution in [0.5, 0.6) is 0 Å². The number of hydrogen-bond acceptors (Lipinski definition) is 4. The van der Waals surface area contributed by atoms with E-state index in [4.69, 9.17) is 4.74 Å². The smallest absolute Gasteiger partial charge is 0.319 e. The molecule has 1 aliphatic rings. The molecule has 1 aliphatic heterocycles. The molecular weight excluding hydrogens is 316 g/mol. The van der Waals surface area contributed by atoms with Gasteiger partial charge in [-0.05, 0) is 23.6 Å². The van der Waals surface area contributed by atoms with E-state index < -0.39 is 0 Å². The van der Waals surface area contributed by atoms with Crippen LogP contribution in [-0.2, 0) is 4.74 Å². The molecule has 1 atom stereocenters. The van der Waals surface area contributed by atoms with Crippen molar-refractivity contribution in [2.75, 3.05) is 43.1 Å². The molecule has 2 amide bonds. The van der Waals surface area contributed by atoms with E-state index in [1.165, 1.54) is 5.56 Å². The number of ether oxygens (including phenoxy) is 1. The molecule has 1 aromatic heterocycles. The second-order valence-corrected chi connectivity index (χ2v) is 6.15. The van der Waals surface area contributed by atoms with E-state index >= 15 is 0 Å². The number of nitrogens with zero attached hydrogens (tertiary/aromatic N) is 2. The van der Waals surface area contributed by atoms with Gasteiger partial charge in [-0.1, -0.05) is 37.3 Å². The van der Waals surface area contributed by atoms with Crippen molar-refractivity contribution in [1.82, 2.24) is 10.3 Å². The average molecular weight is 340 g/mol. The van der Waals surface area contributed by atoms with Gasteiger partial charge in [0, 0.05) is 19.6 Å². The Labute approximate surface area is 148 Å². The standard InChI is InChI=1S/C19H24N4O2/c1-15(16-5-3-2-4-6-16)13-21-19(24)22-17-7-8-18(20-14-17)23-9-11-25-12-10-23/h2-8,14-15H,9-13H2,1H3,(H2,21,22,24)/t15-/m1/s1. The Morgan fingerprint density at radius 2 is 1.96 bits per heavy atom. The molecule has 0 unspecified atom stereocenters. The van der Waals surface area contributed by atoms with Crippen molar-refractivity contribution >= 4 is 17.5 Å². The van der Waals surface area contributed by atoms with Crippen molar-refractivity contribution in [1.29, 1.82) is 0 Å². The fourth-order valence-corrected chi connectivity index (χ4v) is 2.76. The number of nitrogens with one attached hydrogen (secondary N) is 2. The zero-order chi connectivity index (χ0) is 17.5. The highest BCUT2D eigenvalue weighted by molar-refractivity contribution is 5.89. The summed E-state index contributed by atoms with van der Waals surface area (Å²) in [7, 11) is 0. The molecule has 25 heavy (non-hydrogen) atoms. The molecule has 2 N–H and O–H groups in total. The number of carbonyl (C=O) groups excluding carboxylic acids is 1. The Balaban J connectivity index is 1.47. The number of anilines is 2. The van der Waals surface area contributed by atoms with E-state index in [2.05, 4.69) is 39.6 Å². The second kappa shape index (κ2) is 8.48. The van der Waals surface area contributed by atoms with E-state index in [1.807, 2.05) is 30.3 Å². The molecule has 6 heteroatoms. The van der Waals surface area contributed by atoms with Gasteiger partial charge in [0.25, 0.3) is 0 Å². The molecule has 2 aromatic rings. The van der Waals surface area contributed by atoms with Gasteiger partial charge < -0.3 is 20.3 Å². The maximum atomic E-state index is 12.1. The molecule has 1 fully saturated rings. The van der Waals surface area contributed by atoms with Gasteiger partial charge >= 0.3 is 6.03 Å². The number of urea groups is 1. The van der Waals surface area contributed by atoms with Gasteiger partial charge in [0.2, 0.25) is 0 Å². The first-order valence-corrected chi connectivity index (χ1v) is 8.61. The lowest BCUT2D eigenvalue weighted by Gasteiger charge is -2.27. The van der Waals surface area contributed by atoms with Gasteiger partial charge in [-0.3, -0.25) is 0 Å². The van der Waals surface area contributed by atoms with Gasteiger partial charge in [-0.25, -0.2) is 9.78 Å². The topological polar surface area (TPSA) is 66.5 Å². The van der Waals surface area contributed by atoms with Crippen LogP contribution in [0.25, 0.3) is 0 Å². The predicted octanol–water partition coefficient (Wildman–Crippen LogP) is 2.84. The van der Waals surface area contributed by atoms with Gasteiger partial charge in [-0.15, -0.1) is 0 Å². The molecule has 0 radical (unpaired) electrons. The van der Waals surface area contributed by atoms with Gasteiger partial charge in [0.05, 0.1) is 25.1 Å². The molecule has 6 nitrogen and oxygen atoms in total. The third kappa shape index (κ3) is 4.93. The molecule has 132 valence electrons. The SMILES string of the molecule is C[C@H](CNC(=O)Nc1ccc(N2CCOCC2)nc1)c1ccccc1. The maximum Gasteiger partial charge on any atom is 0.319 e. The summed E-state index contributed by atoms with van der Waals surface area (Å²) in [5.74, 6) is 1.17. The van der Waals surface area contributed by atoms with Crippen molar-refractivity contribution in [3.63, 3.8) is 0 Å². The van der Waals surface area contributed by atoms with Crippen molar-refractivity contribution in [2.24, 2.45) is 0 Å². The van der Waals surface area contributed by atoms with Crippen LogP contribution < -0.4 is 15.5 Å². The molecule has 3 rings (SSSR count). The minimum absolute atomic E-state index is 0.219. The first kappa shape index (κ1) is 17.2. The minimum atomic E-state index is -0.219. The average Bonchev–Trinajstić information content (AvgIpc) is 2.68. The molecule has 0 spiro atoms. The third-order valence-corrected chi connectivity index (χ3v) is 4.28. The molecular formula is C19H24N4O2. The van der Waals surface area contributed by atoms with Crippen LogP contribution in [0.15, 0.2) is 48.7 Å². The molecule has 0 bridgehead atoms. The van der Waals surface area contributed by atoms with E-state index in [9.17, 15) is 4.79 Å². The summed E-state index contributed by atoms with van der Waals surface area (Å²) in [6.45, 7) is 5.81. The number of pyridine rings is 1. The lowest BCUT2D eigenvalue weighted by atomic mass is 10.0. The molecule has 2 heterocycles. The van der Waals surface area contributed by atoms with Crippen LogP contribution in [0, 0.1) is 0 Å². The Morgan fingerprint density at radius 3 is 2.64 bits per heavy atom. The third-order valence-electron chi connectivity index (χ3n) is 4.28. The first-order valence-electron chi connectivity index (χ1n) is 8.61. The fraction of sp³-hybridized carbons (Fsp3) is 0.368. The van der Waals surface area contributed by atoms with E-state index in [0.29, 0.717) is 12.2 Å². The quantitative estimate of drug-likeness (QED) is 0.878. The summed E-state index contributed by atoms with van der Waals surface area (Å²) in [5.41, 5.74) is 1.89. The monoisotopic (exact) mass is 340 g/mol. The van der Waals surface area contributed by atoms with Gasteiger partial charge in [0.15, 0.2) is 0 Å². The number of benzene rings is 1. The Kier molecular flexibility index (Phi) is 5.85. The summed E-state index contributed by atoms with van der Waals surface area (Å²) < 4.78 is 5.34. The minimum Gasteiger partial charge on any atom is -0.378 e. The first-order chi connectivity index (χ1) is 12.2. The van der Waals surface area contributed by atoms with E-state index in [0.717, 1.165) is 32.1 Å². The lowest BCUT2D eigenvalue weighted by molar-refractivity contribution is 0.122. The van der Waals surface area contributed by atoms with Gasteiger partial charge in [0.1, 0.15) is 5.82 Å². The van der Waals surface area contributed by atoms with Crippen LogP contribution in [0.4, 0.5) is 16.3 Å². The highest BCUT2D eigenvalue weighted by Crippen LogP contribution is 2.16. The number of rotatable bonds is 5. The van der Waals surface area contributed by atoms with E-state index in [-0.39, 0.29) is 11.9 Å². The highest BCUT2D eigenvalue weighted by atomic mass is 16.5. The zero-order valence-electron chi connectivity index (χ0n) is 14.4. The molecule has 0 saturated carbocycles. The number of aromatic nitrogens is 1. The molecule has 0 aliphatic carbocycles. The number of carbonyl (C=O) groups is 1. The Morgan fingerprint density at radius 1 is 1.20 bits per heavy atom. The van der Waals surface area contributed by atoms with Crippen LogP contribution in [0.1, 0.15) is 18.4 Å². The lowest BCUT2D eigenvalue weighted by Crippen LogP contribution is -2.36. The number of hydrogen-bond donors (Lipinski definition) is 2. The van der Waals surface area contributed by atoms with Crippen LogP contribution in [0.2, 0.25) is 0 Å². The molecule has 1 aromatic carbocycles. The van der Waals surface area contributed by atoms with Crippen LogP contribution in [-0.4, -0.2) is 43.9 Å². The summed E-state index contributed by atoms with van der Waals surface area (Å²) in [4.78, 5) is 18.7. The van der Waals surface area contributed by atoms with Crippen molar-refractivity contribution in [2.45, 2.75) is 12.8 Å². The largest absolute Gasteiger partial charge is 0.378 e. The summed E-state index contributed by atoms with van der Waals surface area (Å²) in [5, 5.41) is 5.73. The highest BCUT2D eigenvalue weighted by Gasteiger charge is 2.12. The van der Waals surface area contributed by atoms with Crippen molar-refractivity contribution < 1.29 is 9.53 Å². The summed E-state index contributed by atoms with van der Waals surface area (Å²) in [6.07, 6.45) is 1.69. The van der Waals surface area contributed by atoms with Crippen LogP contribution >= 0.6 is 0 Å². The van der Waals surface area contributed by atoms with Gasteiger partial charge in [-0.2, -0.15) is 0 Å². The second-order valence-electron chi connectivity index (χ2n) is 6.15. The summed E-state index contributed by atoms with van der Waals surface area (Å²) >= 11 is 0. The number of amides is 2. The Hall–Kier alpha value is -2.60.